The summed E-state index contributed by atoms with van der Waals surface area (Å²) in [6.45, 7) is 0.605. The zero-order valence-corrected chi connectivity index (χ0v) is 11.0. The van der Waals surface area contributed by atoms with Crippen LogP contribution in [0.25, 0.3) is 0 Å². The van der Waals surface area contributed by atoms with Gasteiger partial charge >= 0.3 is 0 Å². The fourth-order valence-electron chi connectivity index (χ4n) is 2.93. The lowest BCUT2D eigenvalue weighted by atomic mass is 9.84. The first kappa shape index (κ1) is 13.3. The molecule has 0 saturated heterocycles. The molecule has 1 aliphatic carbocycles. The van der Waals surface area contributed by atoms with Crippen LogP contribution >= 0.6 is 0 Å². The molecule has 0 aliphatic heterocycles. The summed E-state index contributed by atoms with van der Waals surface area (Å²) in [6.07, 6.45) is 7.91. The molecule has 2 N–H and O–H groups in total. The fraction of sp³-hybridized carbons (Fsp3) is 0.562. The van der Waals surface area contributed by atoms with Crippen molar-refractivity contribution in [2.75, 3.05) is 6.54 Å². The van der Waals surface area contributed by atoms with Crippen molar-refractivity contribution in [3.8, 4) is 0 Å². The average molecular weight is 245 g/mol. The Labute approximate surface area is 110 Å². The summed E-state index contributed by atoms with van der Waals surface area (Å²) in [6, 6.07) is 7.92. The number of Topliss-reactive ketones (excluding diaryl/α,β-unsaturated/α-hetero) is 1. The van der Waals surface area contributed by atoms with Crippen LogP contribution in [0.5, 0.6) is 0 Å². The van der Waals surface area contributed by atoms with E-state index in [0.29, 0.717) is 18.2 Å². The van der Waals surface area contributed by atoms with Crippen LogP contribution in [0.4, 0.5) is 0 Å². The second-order valence-electron chi connectivity index (χ2n) is 5.33. The molecule has 98 valence electrons. The maximum Gasteiger partial charge on any atom is 0.163 e. The van der Waals surface area contributed by atoms with Crippen molar-refractivity contribution in [3.63, 3.8) is 0 Å². The molecule has 0 heterocycles. The SMILES string of the molecule is NCCc1ccccc1C(=O)CC1CCCCC1. The number of benzene rings is 1. The highest BCUT2D eigenvalue weighted by Crippen LogP contribution is 2.28. The van der Waals surface area contributed by atoms with Gasteiger partial charge in [-0.05, 0) is 24.4 Å². The van der Waals surface area contributed by atoms with Crippen LogP contribution < -0.4 is 5.73 Å². The molecule has 1 aromatic rings. The van der Waals surface area contributed by atoms with Gasteiger partial charge in [0.1, 0.15) is 0 Å². The van der Waals surface area contributed by atoms with E-state index in [1.54, 1.807) is 0 Å². The van der Waals surface area contributed by atoms with Gasteiger partial charge in [-0.3, -0.25) is 4.79 Å². The van der Waals surface area contributed by atoms with E-state index in [2.05, 4.69) is 0 Å². The Kier molecular flexibility index (Phi) is 4.94. The normalized spacial score (nSPS) is 16.7. The number of rotatable bonds is 5. The van der Waals surface area contributed by atoms with Crippen molar-refractivity contribution in [2.45, 2.75) is 44.9 Å². The Morgan fingerprint density at radius 2 is 1.89 bits per heavy atom. The predicted molar refractivity (Wildman–Crippen MR) is 74.7 cm³/mol. The van der Waals surface area contributed by atoms with Crippen LogP contribution in [0.1, 0.15) is 54.4 Å². The Morgan fingerprint density at radius 1 is 1.17 bits per heavy atom. The lowest BCUT2D eigenvalue weighted by molar-refractivity contribution is 0.0949. The van der Waals surface area contributed by atoms with E-state index in [4.69, 9.17) is 5.73 Å². The minimum absolute atomic E-state index is 0.311. The van der Waals surface area contributed by atoms with Gasteiger partial charge in [0, 0.05) is 12.0 Å². The van der Waals surface area contributed by atoms with Crippen LogP contribution in [-0.2, 0) is 6.42 Å². The van der Waals surface area contributed by atoms with Crippen LogP contribution in [0.15, 0.2) is 24.3 Å². The van der Waals surface area contributed by atoms with E-state index in [1.807, 2.05) is 24.3 Å². The highest BCUT2D eigenvalue weighted by atomic mass is 16.1. The molecule has 2 heteroatoms. The van der Waals surface area contributed by atoms with Crippen molar-refractivity contribution < 1.29 is 4.79 Å². The van der Waals surface area contributed by atoms with Crippen molar-refractivity contribution in [1.82, 2.24) is 0 Å². The number of carbonyl (C=O) groups is 1. The second-order valence-corrected chi connectivity index (χ2v) is 5.33. The standard InChI is InChI=1S/C16H23NO/c17-11-10-14-8-4-5-9-15(14)16(18)12-13-6-2-1-3-7-13/h4-5,8-9,13H,1-3,6-7,10-12,17H2. The lowest BCUT2D eigenvalue weighted by Crippen LogP contribution is -2.14. The number of hydrogen-bond acceptors (Lipinski definition) is 2. The van der Waals surface area contributed by atoms with Crippen LogP contribution in [0, 0.1) is 5.92 Å². The van der Waals surface area contributed by atoms with Crippen molar-refractivity contribution in [3.05, 3.63) is 35.4 Å². The summed E-state index contributed by atoms with van der Waals surface area (Å²) < 4.78 is 0. The first-order valence-corrected chi connectivity index (χ1v) is 7.12. The maximum absolute atomic E-state index is 12.4. The van der Waals surface area contributed by atoms with E-state index in [9.17, 15) is 4.79 Å². The van der Waals surface area contributed by atoms with Gasteiger partial charge < -0.3 is 5.73 Å². The van der Waals surface area contributed by atoms with Gasteiger partial charge in [0.15, 0.2) is 5.78 Å². The molecule has 2 nitrogen and oxygen atoms in total. The Morgan fingerprint density at radius 3 is 2.61 bits per heavy atom. The third-order valence-electron chi connectivity index (χ3n) is 3.93. The maximum atomic E-state index is 12.4. The zero-order chi connectivity index (χ0) is 12.8. The summed E-state index contributed by atoms with van der Waals surface area (Å²) >= 11 is 0. The minimum Gasteiger partial charge on any atom is -0.330 e. The molecule has 0 aromatic heterocycles. The molecule has 0 atom stereocenters. The van der Waals surface area contributed by atoms with Gasteiger partial charge in [-0.1, -0.05) is 56.4 Å². The van der Waals surface area contributed by atoms with Crippen molar-refractivity contribution in [1.29, 1.82) is 0 Å². The van der Waals surface area contributed by atoms with E-state index in [0.717, 1.165) is 24.0 Å². The molecular formula is C16H23NO. The molecule has 1 saturated carbocycles. The number of ketones is 1. The number of nitrogens with two attached hydrogens (primary N) is 1. The summed E-state index contributed by atoms with van der Waals surface area (Å²) in [5, 5.41) is 0. The molecule has 0 bridgehead atoms. The average Bonchev–Trinajstić information content (AvgIpc) is 2.41. The van der Waals surface area contributed by atoms with E-state index in [-0.39, 0.29) is 0 Å². The highest BCUT2D eigenvalue weighted by Gasteiger charge is 2.19. The Balaban J connectivity index is 2.03. The molecule has 1 fully saturated rings. The monoisotopic (exact) mass is 245 g/mol. The Bertz CT molecular complexity index is 394. The molecule has 0 spiro atoms. The molecular weight excluding hydrogens is 222 g/mol. The molecule has 0 radical (unpaired) electrons. The lowest BCUT2D eigenvalue weighted by Gasteiger charge is -2.21. The quantitative estimate of drug-likeness (QED) is 0.808. The summed E-state index contributed by atoms with van der Waals surface area (Å²) in [5.74, 6) is 0.920. The van der Waals surface area contributed by atoms with Gasteiger partial charge in [0.2, 0.25) is 0 Å². The number of carbonyl (C=O) groups excluding carboxylic acids is 1. The third-order valence-corrected chi connectivity index (χ3v) is 3.93. The molecule has 18 heavy (non-hydrogen) atoms. The molecule has 0 unspecified atom stereocenters. The highest BCUT2D eigenvalue weighted by molar-refractivity contribution is 5.97. The summed E-state index contributed by atoms with van der Waals surface area (Å²) in [7, 11) is 0. The van der Waals surface area contributed by atoms with Gasteiger partial charge in [-0.15, -0.1) is 0 Å². The largest absolute Gasteiger partial charge is 0.330 e. The smallest absolute Gasteiger partial charge is 0.163 e. The van der Waals surface area contributed by atoms with E-state index < -0.39 is 0 Å². The van der Waals surface area contributed by atoms with E-state index >= 15 is 0 Å². The molecule has 2 rings (SSSR count). The third kappa shape index (κ3) is 3.42. The van der Waals surface area contributed by atoms with Crippen LogP contribution in [-0.4, -0.2) is 12.3 Å². The topological polar surface area (TPSA) is 43.1 Å². The first-order chi connectivity index (χ1) is 8.81. The minimum atomic E-state index is 0.311. The van der Waals surface area contributed by atoms with Gasteiger partial charge in [0.05, 0.1) is 0 Å². The summed E-state index contributed by atoms with van der Waals surface area (Å²) in [5.41, 5.74) is 7.61. The molecule has 0 amide bonds. The van der Waals surface area contributed by atoms with Crippen molar-refractivity contribution in [2.24, 2.45) is 11.7 Å². The van der Waals surface area contributed by atoms with Crippen molar-refractivity contribution >= 4 is 5.78 Å². The summed E-state index contributed by atoms with van der Waals surface area (Å²) in [4.78, 5) is 12.4. The van der Waals surface area contributed by atoms with Gasteiger partial charge in [-0.25, -0.2) is 0 Å². The van der Waals surface area contributed by atoms with Crippen LogP contribution in [0.3, 0.4) is 0 Å². The molecule has 1 aromatic carbocycles. The van der Waals surface area contributed by atoms with Gasteiger partial charge in [-0.2, -0.15) is 0 Å². The first-order valence-electron chi connectivity index (χ1n) is 7.12. The zero-order valence-electron chi connectivity index (χ0n) is 11.0. The predicted octanol–water partition coefficient (Wildman–Crippen LogP) is 3.34. The van der Waals surface area contributed by atoms with Crippen LogP contribution in [0.2, 0.25) is 0 Å². The fourth-order valence-corrected chi connectivity index (χ4v) is 2.93. The Hall–Kier alpha value is -1.15. The van der Waals surface area contributed by atoms with E-state index in [1.165, 1.54) is 32.1 Å². The number of hydrogen-bond donors (Lipinski definition) is 1. The molecule has 1 aliphatic rings. The second kappa shape index (κ2) is 6.69. The van der Waals surface area contributed by atoms with Gasteiger partial charge in [0.25, 0.3) is 0 Å².